The molecule has 2 aliphatic rings. The molecule has 1 amide bonds. The largest absolute Gasteiger partial charge is 0.507 e. The fourth-order valence-electron chi connectivity index (χ4n) is 4.21. The Kier molecular flexibility index (Phi) is 6.14. The van der Waals surface area contributed by atoms with Crippen LogP contribution in [0.2, 0.25) is 0 Å². The zero-order valence-corrected chi connectivity index (χ0v) is 18.6. The van der Waals surface area contributed by atoms with Gasteiger partial charge in [-0.2, -0.15) is 0 Å². The summed E-state index contributed by atoms with van der Waals surface area (Å²) in [6.07, 6.45) is 3.98. The lowest BCUT2D eigenvalue weighted by Gasteiger charge is -2.28. The van der Waals surface area contributed by atoms with Crippen LogP contribution in [0.4, 0.5) is 5.69 Å². The van der Waals surface area contributed by atoms with E-state index in [0.717, 1.165) is 24.5 Å². The van der Waals surface area contributed by atoms with Gasteiger partial charge in [-0.1, -0.05) is 6.07 Å². The lowest BCUT2D eigenvalue weighted by atomic mass is 9.96. The van der Waals surface area contributed by atoms with Gasteiger partial charge in [-0.15, -0.1) is 0 Å². The number of carbonyl (C=O) groups is 2. The third-order valence-corrected chi connectivity index (χ3v) is 5.87. The summed E-state index contributed by atoms with van der Waals surface area (Å²) in [6, 6.07) is 8.20. The highest BCUT2D eigenvalue weighted by atomic mass is 16.5. The number of pyridine rings is 1. The summed E-state index contributed by atoms with van der Waals surface area (Å²) in [4.78, 5) is 35.8. The second-order valence-corrected chi connectivity index (χ2v) is 8.39. The van der Waals surface area contributed by atoms with Crippen LogP contribution in [-0.2, 0) is 9.59 Å². The first-order valence-electron chi connectivity index (χ1n) is 10.7. The lowest BCUT2D eigenvalue weighted by molar-refractivity contribution is -0.139. The number of benzene rings is 1. The monoisotopic (exact) mass is 436 g/mol. The molecular weight excluding hydrogens is 408 g/mol. The van der Waals surface area contributed by atoms with Crippen molar-refractivity contribution >= 4 is 23.1 Å². The molecule has 1 atom stereocenters. The second-order valence-electron chi connectivity index (χ2n) is 8.39. The summed E-state index contributed by atoms with van der Waals surface area (Å²) in [5, 5.41) is 11.3. The van der Waals surface area contributed by atoms with E-state index in [1.165, 1.54) is 0 Å². The van der Waals surface area contributed by atoms with Gasteiger partial charge in [0.25, 0.3) is 11.7 Å². The molecule has 8 heteroatoms. The molecular formula is C24H28N4O4. The van der Waals surface area contributed by atoms with Crippen LogP contribution in [0.25, 0.3) is 5.76 Å². The number of anilines is 1. The van der Waals surface area contributed by atoms with E-state index >= 15 is 0 Å². The molecule has 3 heterocycles. The number of likely N-dealkylation sites (tertiary alicyclic amines) is 1. The number of nitrogens with zero attached hydrogens (tertiary/aromatic N) is 4. The molecule has 1 fully saturated rings. The Morgan fingerprint density at radius 3 is 2.81 bits per heavy atom. The maximum Gasteiger partial charge on any atom is 0.295 e. The fraction of sp³-hybridized carbons (Fsp3) is 0.375. The molecule has 0 saturated carbocycles. The molecule has 1 saturated heterocycles. The third kappa shape index (κ3) is 4.05. The number of hydrogen-bond acceptors (Lipinski definition) is 7. The number of ether oxygens (including phenoxy) is 1. The maximum atomic E-state index is 13.1. The SMILES string of the molecule is CN(C)CCCN1C(=O)C(=O)/C(=C(\O)c2ccc3c(c2)N(C)CCO3)C1c1cccnc1. The molecule has 1 unspecified atom stereocenters. The highest BCUT2D eigenvalue weighted by molar-refractivity contribution is 6.46. The van der Waals surface area contributed by atoms with Crippen LogP contribution in [0.5, 0.6) is 5.75 Å². The smallest absolute Gasteiger partial charge is 0.295 e. The molecule has 0 bridgehead atoms. The predicted octanol–water partition coefficient (Wildman–Crippen LogP) is 2.28. The molecule has 1 N–H and O–H groups in total. The van der Waals surface area contributed by atoms with Gasteiger partial charge >= 0.3 is 0 Å². The van der Waals surface area contributed by atoms with Crippen LogP contribution >= 0.6 is 0 Å². The van der Waals surface area contributed by atoms with Gasteiger partial charge in [0, 0.05) is 31.5 Å². The number of aliphatic hydroxyl groups excluding tert-OH is 1. The minimum Gasteiger partial charge on any atom is -0.507 e. The lowest BCUT2D eigenvalue weighted by Crippen LogP contribution is -2.32. The number of hydrogen-bond donors (Lipinski definition) is 1. The van der Waals surface area contributed by atoms with Gasteiger partial charge in [0.15, 0.2) is 0 Å². The molecule has 1 aromatic carbocycles. The highest BCUT2D eigenvalue weighted by Crippen LogP contribution is 2.40. The van der Waals surface area contributed by atoms with E-state index in [1.54, 1.807) is 41.6 Å². The van der Waals surface area contributed by atoms with Gasteiger partial charge in [-0.25, -0.2) is 0 Å². The topological polar surface area (TPSA) is 86.2 Å². The summed E-state index contributed by atoms with van der Waals surface area (Å²) >= 11 is 0. The van der Waals surface area contributed by atoms with Crippen LogP contribution in [-0.4, -0.2) is 79.0 Å². The zero-order chi connectivity index (χ0) is 22.8. The minimum absolute atomic E-state index is 0.0900. The number of ketones is 1. The van der Waals surface area contributed by atoms with E-state index in [4.69, 9.17) is 4.74 Å². The van der Waals surface area contributed by atoms with Crippen molar-refractivity contribution in [2.45, 2.75) is 12.5 Å². The van der Waals surface area contributed by atoms with Crippen LogP contribution in [0.15, 0.2) is 48.3 Å². The molecule has 8 nitrogen and oxygen atoms in total. The Morgan fingerprint density at radius 1 is 1.28 bits per heavy atom. The molecule has 2 aliphatic heterocycles. The van der Waals surface area contributed by atoms with E-state index in [2.05, 4.69) is 4.98 Å². The Hall–Kier alpha value is -3.39. The van der Waals surface area contributed by atoms with Crippen molar-refractivity contribution in [1.29, 1.82) is 0 Å². The van der Waals surface area contributed by atoms with Crippen LogP contribution in [0.3, 0.4) is 0 Å². The van der Waals surface area contributed by atoms with Crippen molar-refractivity contribution in [1.82, 2.24) is 14.8 Å². The average molecular weight is 437 g/mol. The Labute approximate surface area is 187 Å². The van der Waals surface area contributed by atoms with Gasteiger partial charge in [-0.05, 0) is 56.9 Å². The number of aromatic nitrogens is 1. The number of carbonyl (C=O) groups excluding carboxylic acids is 2. The second kappa shape index (κ2) is 9.00. The van der Waals surface area contributed by atoms with E-state index in [9.17, 15) is 14.7 Å². The first kappa shape index (κ1) is 21.8. The predicted molar refractivity (Wildman–Crippen MR) is 122 cm³/mol. The van der Waals surface area contributed by atoms with Gasteiger partial charge in [0.2, 0.25) is 0 Å². The Morgan fingerprint density at radius 2 is 2.09 bits per heavy atom. The zero-order valence-electron chi connectivity index (χ0n) is 18.6. The van der Waals surface area contributed by atoms with Crippen LogP contribution in [0.1, 0.15) is 23.6 Å². The highest BCUT2D eigenvalue weighted by Gasteiger charge is 2.46. The quantitative estimate of drug-likeness (QED) is 0.422. The number of rotatable bonds is 6. The molecule has 1 aromatic heterocycles. The summed E-state index contributed by atoms with van der Waals surface area (Å²) < 4.78 is 5.68. The van der Waals surface area contributed by atoms with E-state index in [1.807, 2.05) is 37.0 Å². The van der Waals surface area contributed by atoms with E-state index in [0.29, 0.717) is 30.7 Å². The third-order valence-electron chi connectivity index (χ3n) is 5.87. The fourth-order valence-corrected chi connectivity index (χ4v) is 4.21. The van der Waals surface area contributed by atoms with Crippen molar-refractivity contribution in [2.24, 2.45) is 0 Å². The average Bonchev–Trinajstić information content (AvgIpc) is 3.04. The minimum atomic E-state index is -0.684. The molecule has 0 radical (unpaired) electrons. The Bertz CT molecular complexity index is 1050. The molecule has 168 valence electrons. The van der Waals surface area contributed by atoms with Crippen LogP contribution in [0, 0.1) is 0 Å². The van der Waals surface area contributed by atoms with Crippen LogP contribution < -0.4 is 9.64 Å². The summed E-state index contributed by atoms with van der Waals surface area (Å²) in [5.74, 6) is -0.738. The van der Waals surface area contributed by atoms with Gasteiger partial charge < -0.3 is 24.5 Å². The summed E-state index contributed by atoms with van der Waals surface area (Å²) in [5.41, 5.74) is 2.09. The first-order valence-corrected chi connectivity index (χ1v) is 10.7. The van der Waals surface area contributed by atoms with Crippen molar-refractivity contribution in [2.75, 3.05) is 52.3 Å². The molecule has 4 rings (SSSR count). The van der Waals surface area contributed by atoms with E-state index in [-0.39, 0.29) is 11.3 Å². The summed E-state index contributed by atoms with van der Waals surface area (Å²) in [7, 11) is 5.87. The van der Waals surface area contributed by atoms with Crippen molar-refractivity contribution in [3.63, 3.8) is 0 Å². The van der Waals surface area contributed by atoms with Crippen molar-refractivity contribution in [3.05, 3.63) is 59.4 Å². The molecule has 2 aromatic rings. The standard InChI is InChI=1S/C24H28N4O4/c1-26(2)10-5-11-28-21(17-6-4-9-25-15-17)20(23(30)24(28)31)22(29)16-7-8-19-18(14-16)27(3)12-13-32-19/h4,6-9,14-15,21,29H,5,10-13H2,1-3H3/b22-20-. The van der Waals surface area contributed by atoms with Crippen molar-refractivity contribution in [3.8, 4) is 5.75 Å². The molecule has 32 heavy (non-hydrogen) atoms. The maximum absolute atomic E-state index is 13.1. The number of likely N-dealkylation sites (N-methyl/N-ethyl adjacent to an activating group) is 1. The number of Topliss-reactive ketones (excluding diaryl/α,β-unsaturated/α-hetero) is 1. The summed E-state index contributed by atoms with van der Waals surface area (Å²) in [6.45, 7) is 2.50. The number of aliphatic hydroxyl groups is 1. The van der Waals surface area contributed by atoms with Gasteiger partial charge in [-0.3, -0.25) is 14.6 Å². The first-order chi connectivity index (χ1) is 15.4. The van der Waals surface area contributed by atoms with Gasteiger partial charge in [0.05, 0.1) is 23.8 Å². The number of amides is 1. The normalized spacial score (nSPS) is 19.9. The van der Waals surface area contributed by atoms with Gasteiger partial charge in [0.1, 0.15) is 18.1 Å². The van der Waals surface area contributed by atoms with Crippen molar-refractivity contribution < 1.29 is 19.4 Å². The van der Waals surface area contributed by atoms with E-state index < -0.39 is 17.7 Å². The molecule has 0 spiro atoms. The molecule has 0 aliphatic carbocycles. The Balaban J connectivity index is 1.78. The number of fused-ring (bicyclic) bond motifs is 1.